The third-order valence-corrected chi connectivity index (χ3v) is 2.99. The lowest BCUT2D eigenvalue weighted by Crippen LogP contribution is -2.20. The maximum Gasteiger partial charge on any atom is 0.107 e. The summed E-state index contributed by atoms with van der Waals surface area (Å²) >= 11 is 0. The summed E-state index contributed by atoms with van der Waals surface area (Å²) in [6, 6.07) is 20.5. The van der Waals surface area contributed by atoms with Crippen LogP contribution < -0.4 is 0 Å². The van der Waals surface area contributed by atoms with Gasteiger partial charge in [0.05, 0.1) is 0 Å². The molecule has 0 aliphatic rings. The van der Waals surface area contributed by atoms with E-state index in [1.807, 2.05) is 36.4 Å². The number of hydrogen-bond donors (Lipinski definition) is 0. The first-order valence-corrected chi connectivity index (χ1v) is 5.36. The van der Waals surface area contributed by atoms with E-state index in [1.54, 1.807) is 0 Å². The normalized spacial score (nSPS) is 11.1. The number of hydrogen-bond acceptors (Lipinski definition) is 1. The van der Waals surface area contributed by atoms with Crippen LogP contribution in [-0.4, -0.2) is 6.72 Å². The third-order valence-electron chi connectivity index (χ3n) is 2.99. The van der Waals surface area contributed by atoms with Gasteiger partial charge in [-0.3, -0.25) is 4.99 Å². The van der Waals surface area contributed by atoms with Gasteiger partial charge in [-0.2, -0.15) is 0 Å². The Kier molecular flexibility index (Phi) is 2.86. The van der Waals surface area contributed by atoms with Crippen molar-refractivity contribution < 1.29 is 0 Å². The number of benzene rings is 2. The molecule has 0 aliphatic carbocycles. The Balaban J connectivity index is 2.53. The molecule has 0 heterocycles. The highest BCUT2D eigenvalue weighted by atomic mass is 14.8. The van der Waals surface area contributed by atoms with Crippen LogP contribution in [0.2, 0.25) is 0 Å². The molecular weight excluding hydrogens is 194 g/mol. The van der Waals surface area contributed by atoms with Gasteiger partial charge in [-0.05, 0) is 24.8 Å². The van der Waals surface area contributed by atoms with Crippen molar-refractivity contribution >= 4 is 6.72 Å². The summed E-state index contributed by atoms with van der Waals surface area (Å²) in [4.78, 5) is 4.31. The van der Waals surface area contributed by atoms with Crippen molar-refractivity contribution in [1.82, 2.24) is 0 Å². The minimum Gasteiger partial charge on any atom is -0.285 e. The average Bonchev–Trinajstić information content (AvgIpc) is 2.40. The predicted molar refractivity (Wildman–Crippen MR) is 68.9 cm³/mol. The summed E-state index contributed by atoms with van der Waals surface area (Å²) in [6.45, 7) is 5.82. The fraction of sp³-hybridized carbons (Fsp3) is 0.133. The lowest BCUT2D eigenvalue weighted by atomic mass is 9.85. The lowest BCUT2D eigenvalue weighted by molar-refractivity contribution is 0.612. The van der Waals surface area contributed by atoms with Gasteiger partial charge in [0.2, 0.25) is 0 Å². The Morgan fingerprint density at radius 2 is 1.19 bits per heavy atom. The summed E-state index contributed by atoms with van der Waals surface area (Å²) in [6.07, 6.45) is 0. The van der Waals surface area contributed by atoms with E-state index < -0.39 is 0 Å². The molecule has 0 unspecified atom stereocenters. The summed E-state index contributed by atoms with van der Waals surface area (Å²) in [7, 11) is 0. The molecule has 0 aromatic heterocycles. The van der Waals surface area contributed by atoms with E-state index in [0.717, 1.165) is 11.1 Å². The van der Waals surface area contributed by atoms with Gasteiger partial charge in [0.1, 0.15) is 5.54 Å². The van der Waals surface area contributed by atoms with E-state index >= 15 is 0 Å². The van der Waals surface area contributed by atoms with E-state index in [0.29, 0.717) is 0 Å². The molecule has 0 N–H and O–H groups in total. The molecule has 0 bridgehead atoms. The zero-order valence-corrected chi connectivity index (χ0v) is 9.43. The van der Waals surface area contributed by atoms with Crippen LogP contribution in [0.1, 0.15) is 18.1 Å². The maximum atomic E-state index is 4.31. The first-order chi connectivity index (χ1) is 7.77. The molecule has 1 heteroatoms. The highest BCUT2D eigenvalue weighted by molar-refractivity contribution is 5.41. The Morgan fingerprint density at radius 3 is 1.50 bits per heavy atom. The molecule has 2 aromatic carbocycles. The fourth-order valence-corrected chi connectivity index (χ4v) is 1.87. The smallest absolute Gasteiger partial charge is 0.107 e. The van der Waals surface area contributed by atoms with Crippen LogP contribution in [-0.2, 0) is 5.54 Å². The monoisotopic (exact) mass is 209 g/mol. The van der Waals surface area contributed by atoms with Crippen molar-refractivity contribution in [2.75, 3.05) is 0 Å². The lowest BCUT2D eigenvalue weighted by Gasteiger charge is -2.25. The van der Waals surface area contributed by atoms with Crippen molar-refractivity contribution in [3.63, 3.8) is 0 Å². The minimum atomic E-state index is -0.359. The third kappa shape index (κ3) is 1.76. The van der Waals surface area contributed by atoms with Crippen LogP contribution in [0, 0.1) is 0 Å². The minimum absolute atomic E-state index is 0.359. The summed E-state index contributed by atoms with van der Waals surface area (Å²) in [5.74, 6) is 0. The van der Waals surface area contributed by atoms with Crippen LogP contribution in [0.3, 0.4) is 0 Å². The molecule has 1 nitrogen and oxygen atoms in total. The molecule has 0 fully saturated rings. The Bertz CT molecular complexity index is 420. The van der Waals surface area contributed by atoms with Gasteiger partial charge in [0.25, 0.3) is 0 Å². The van der Waals surface area contributed by atoms with Gasteiger partial charge in [0.15, 0.2) is 0 Å². The Morgan fingerprint density at radius 1 is 0.812 bits per heavy atom. The molecule has 0 amide bonds. The molecule has 0 saturated heterocycles. The largest absolute Gasteiger partial charge is 0.285 e. The number of nitrogens with zero attached hydrogens (tertiary/aromatic N) is 1. The Labute approximate surface area is 96.5 Å². The van der Waals surface area contributed by atoms with E-state index in [4.69, 9.17) is 0 Å². The second-order valence-electron chi connectivity index (χ2n) is 3.96. The molecule has 2 rings (SSSR count). The van der Waals surface area contributed by atoms with Crippen molar-refractivity contribution in [1.29, 1.82) is 0 Å². The SMILES string of the molecule is C=NC(C)(c1ccccc1)c1ccccc1. The molecule has 0 radical (unpaired) electrons. The fourth-order valence-electron chi connectivity index (χ4n) is 1.87. The van der Waals surface area contributed by atoms with Crippen LogP contribution >= 0.6 is 0 Å². The quantitative estimate of drug-likeness (QED) is 0.684. The topological polar surface area (TPSA) is 12.4 Å². The van der Waals surface area contributed by atoms with E-state index in [-0.39, 0.29) is 5.54 Å². The summed E-state index contributed by atoms with van der Waals surface area (Å²) in [5, 5.41) is 0. The zero-order chi connectivity index (χ0) is 11.4. The zero-order valence-electron chi connectivity index (χ0n) is 9.43. The van der Waals surface area contributed by atoms with Gasteiger partial charge in [-0.25, -0.2) is 0 Å². The number of aliphatic imine (C=N–C) groups is 1. The summed E-state index contributed by atoms with van der Waals surface area (Å²) in [5.41, 5.74) is 1.97. The second-order valence-corrected chi connectivity index (χ2v) is 3.96. The molecule has 0 aliphatic heterocycles. The highest BCUT2D eigenvalue weighted by Gasteiger charge is 2.26. The van der Waals surface area contributed by atoms with Crippen molar-refractivity contribution in [3.8, 4) is 0 Å². The first-order valence-electron chi connectivity index (χ1n) is 5.36. The van der Waals surface area contributed by atoms with Gasteiger partial charge >= 0.3 is 0 Å². The summed E-state index contributed by atoms with van der Waals surface area (Å²) < 4.78 is 0. The van der Waals surface area contributed by atoms with Gasteiger partial charge < -0.3 is 0 Å². The molecule has 0 atom stereocenters. The van der Waals surface area contributed by atoms with Crippen LogP contribution in [0.4, 0.5) is 0 Å². The molecule has 0 spiro atoms. The maximum absolute atomic E-state index is 4.31. The van der Waals surface area contributed by atoms with Gasteiger partial charge in [-0.1, -0.05) is 60.7 Å². The molecular formula is C15H15N. The average molecular weight is 209 g/mol. The van der Waals surface area contributed by atoms with Crippen LogP contribution in [0.15, 0.2) is 65.7 Å². The van der Waals surface area contributed by atoms with Gasteiger partial charge in [0, 0.05) is 0 Å². The number of rotatable bonds is 3. The highest BCUT2D eigenvalue weighted by Crippen LogP contribution is 2.32. The van der Waals surface area contributed by atoms with E-state index in [1.165, 1.54) is 0 Å². The molecule has 80 valence electrons. The molecule has 0 saturated carbocycles. The standard InChI is InChI=1S/C15H15N/c1-15(16-2,13-9-5-3-6-10-13)14-11-7-4-8-12-14/h3-12H,2H2,1H3. The van der Waals surface area contributed by atoms with Crippen LogP contribution in [0.25, 0.3) is 0 Å². The Hall–Kier alpha value is -1.89. The first kappa shape index (κ1) is 10.6. The van der Waals surface area contributed by atoms with E-state index in [9.17, 15) is 0 Å². The molecule has 16 heavy (non-hydrogen) atoms. The van der Waals surface area contributed by atoms with Gasteiger partial charge in [-0.15, -0.1) is 0 Å². The van der Waals surface area contributed by atoms with E-state index in [2.05, 4.69) is 42.9 Å². The van der Waals surface area contributed by atoms with Crippen molar-refractivity contribution in [2.24, 2.45) is 4.99 Å². The molecule has 2 aromatic rings. The van der Waals surface area contributed by atoms with Crippen molar-refractivity contribution in [2.45, 2.75) is 12.5 Å². The van der Waals surface area contributed by atoms with Crippen LogP contribution in [0.5, 0.6) is 0 Å². The predicted octanol–water partition coefficient (Wildman–Crippen LogP) is 3.65. The second kappa shape index (κ2) is 4.31. The van der Waals surface area contributed by atoms with Crippen molar-refractivity contribution in [3.05, 3.63) is 71.8 Å².